The third kappa shape index (κ3) is 3.90. The zero-order valence-corrected chi connectivity index (χ0v) is 9.57. The SMILES string of the molecule is CCC(=CCOc1cncc(Cl)c1)C(=O)O. The number of carboxylic acids is 1. The number of carbonyl (C=O) groups is 1. The summed E-state index contributed by atoms with van der Waals surface area (Å²) in [4.78, 5) is 14.5. The maximum absolute atomic E-state index is 10.7. The highest BCUT2D eigenvalue weighted by molar-refractivity contribution is 6.30. The minimum atomic E-state index is -0.921. The van der Waals surface area contributed by atoms with Gasteiger partial charge in [-0.3, -0.25) is 4.98 Å². The minimum absolute atomic E-state index is 0.192. The van der Waals surface area contributed by atoms with Gasteiger partial charge in [0.15, 0.2) is 0 Å². The first-order chi connectivity index (χ1) is 7.63. The molecule has 4 nitrogen and oxygen atoms in total. The number of ether oxygens (including phenoxy) is 1. The Morgan fingerprint density at radius 2 is 2.38 bits per heavy atom. The molecule has 0 amide bonds. The van der Waals surface area contributed by atoms with E-state index >= 15 is 0 Å². The molecular weight excluding hydrogens is 230 g/mol. The Morgan fingerprint density at radius 3 is 2.94 bits per heavy atom. The predicted octanol–water partition coefficient (Wildman–Crippen LogP) is 2.53. The number of aliphatic carboxylic acids is 1. The summed E-state index contributed by atoms with van der Waals surface area (Å²) >= 11 is 5.71. The van der Waals surface area contributed by atoms with Gasteiger partial charge in [0.1, 0.15) is 12.4 Å². The van der Waals surface area contributed by atoms with Gasteiger partial charge in [-0.05, 0) is 12.5 Å². The van der Waals surface area contributed by atoms with Crippen molar-refractivity contribution < 1.29 is 14.6 Å². The molecule has 1 aromatic rings. The topological polar surface area (TPSA) is 59.4 Å². The Kier molecular flexibility index (Phi) is 4.79. The van der Waals surface area contributed by atoms with E-state index in [9.17, 15) is 4.79 Å². The van der Waals surface area contributed by atoms with Crippen LogP contribution in [-0.4, -0.2) is 22.7 Å². The standard InChI is InChI=1S/C11H12ClNO3/c1-2-8(11(14)15)3-4-16-10-5-9(12)6-13-7-10/h3,5-7H,2,4H2,1H3,(H,14,15). The van der Waals surface area contributed by atoms with Crippen molar-refractivity contribution in [1.29, 1.82) is 0 Å². The van der Waals surface area contributed by atoms with Crippen molar-refractivity contribution in [3.8, 4) is 5.75 Å². The number of rotatable bonds is 5. The van der Waals surface area contributed by atoms with Crippen LogP contribution in [-0.2, 0) is 4.79 Å². The fourth-order valence-electron chi connectivity index (χ4n) is 1.09. The van der Waals surface area contributed by atoms with Gasteiger partial charge < -0.3 is 9.84 Å². The highest BCUT2D eigenvalue weighted by atomic mass is 35.5. The van der Waals surface area contributed by atoms with Crippen LogP contribution in [0, 0.1) is 0 Å². The second kappa shape index (κ2) is 6.12. The molecule has 0 radical (unpaired) electrons. The Balaban J connectivity index is 2.55. The summed E-state index contributed by atoms with van der Waals surface area (Å²) < 4.78 is 5.28. The number of pyridine rings is 1. The van der Waals surface area contributed by atoms with E-state index in [2.05, 4.69) is 4.98 Å². The van der Waals surface area contributed by atoms with Crippen molar-refractivity contribution in [3.63, 3.8) is 0 Å². The molecule has 1 aromatic heterocycles. The molecule has 0 bridgehead atoms. The minimum Gasteiger partial charge on any atom is -0.488 e. The molecule has 0 fully saturated rings. The highest BCUT2D eigenvalue weighted by Gasteiger charge is 2.03. The Bertz CT molecular complexity index is 404. The van der Waals surface area contributed by atoms with Gasteiger partial charge in [0.25, 0.3) is 0 Å². The molecule has 1 N–H and O–H groups in total. The third-order valence-corrected chi connectivity index (χ3v) is 2.12. The molecule has 0 saturated heterocycles. The Morgan fingerprint density at radius 1 is 1.62 bits per heavy atom. The molecule has 0 unspecified atom stereocenters. The van der Waals surface area contributed by atoms with Crippen LogP contribution in [0.3, 0.4) is 0 Å². The molecule has 0 saturated carbocycles. The van der Waals surface area contributed by atoms with Gasteiger partial charge in [0.2, 0.25) is 0 Å². The summed E-state index contributed by atoms with van der Waals surface area (Å²) in [7, 11) is 0. The van der Waals surface area contributed by atoms with Crippen molar-refractivity contribution >= 4 is 17.6 Å². The zero-order valence-electron chi connectivity index (χ0n) is 8.81. The third-order valence-electron chi connectivity index (χ3n) is 1.92. The van der Waals surface area contributed by atoms with E-state index in [0.717, 1.165) is 0 Å². The van der Waals surface area contributed by atoms with Gasteiger partial charge in [-0.1, -0.05) is 18.5 Å². The maximum Gasteiger partial charge on any atom is 0.331 e. The molecule has 1 rings (SSSR count). The van der Waals surface area contributed by atoms with Crippen molar-refractivity contribution in [2.45, 2.75) is 13.3 Å². The molecule has 1 heterocycles. The van der Waals surface area contributed by atoms with E-state index in [4.69, 9.17) is 21.4 Å². The average Bonchev–Trinajstić information content (AvgIpc) is 2.24. The molecular formula is C11H12ClNO3. The van der Waals surface area contributed by atoms with Crippen molar-refractivity contribution in [2.75, 3.05) is 6.61 Å². The number of aromatic nitrogens is 1. The summed E-state index contributed by atoms with van der Waals surface area (Å²) in [6, 6.07) is 1.62. The van der Waals surface area contributed by atoms with E-state index in [1.54, 1.807) is 13.0 Å². The number of hydrogen-bond donors (Lipinski definition) is 1. The molecule has 0 aliphatic rings. The van der Waals surface area contributed by atoms with Crippen LogP contribution < -0.4 is 4.74 Å². The van der Waals surface area contributed by atoms with Gasteiger partial charge in [-0.15, -0.1) is 0 Å². The number of carboxylic acid groups (broad SMARTS) is 1. The zero-order chi connectivity index (χ0) is 12.0. The second-order valence-corrected chi connectivity index (χ2v) is 3.47. The van der Waals surface area contributed by atoms with E-state index in [0.29, 0.717) is 22.8 Å². The number of hydrogen-bond acceptors (Lipinski definition) is 3. The van der Waals surface area contributed by atoms with Gasteiger partial charge >= 0.3 is 5.97 Å². The van der Waals surface area contributed by atoms with Crippen LogP contribution in [0.5, 0.6) is 5.75 Å². The first-order valence-electron chi connectivity index (χ1n) is 4.79. The predicted molar refractivity (Wildman–Crippen MR) is 60.8 cm³/mol. The van der Waals surface area contributed by atoms with Gasteiger partial charge in [0, 0.05) is 17.8 Å². The number of nitrogens with zero attached hydrogens (tertiary/aromatic N) is 1. The number of halogens is 1. The van der Waals surface area contributed by atoms with Gasteiger partial charge in [-0.2, -0.15) is 0 Å². The van der Waals surface area contributed by atoms with Gasteiger partial charge in [-0.25, -0.2) is 4.79 Å². The van der Waals surface area contributed by atoms with Crippen molar-refractivity contribution in [2.24, 2.45) is 0 Å². The normalized spacial score (nSPS) is 11.2. The fraction of sp³-hybridized carbons (Fsp3) is 0.273. The first kappa shape index (κ1) is 12.5. The molecule has 0 aliphatic heterocycles. The summed E-state index contributed by atoms with van der Waals surface area (Å²) in [5.74, 6) is -0.403. The Hall–Kier alpha value is -1.55. The Labute approximate surface area is 98.5 Å². The van der Waals surface area contributed by atoms with E-state index < -0.39 is 5.97 Å². The summed E-state index contributed by atoms with van der Waals surface area (Å²) in [6.45, 7) is 1.97. The van der Waals surface area contributed by atoms with E-state index in [1.807, 2.05) is 0 Å². The van der Waals surface area contributed by atoms with Crippen LogP contribution in [0.1, 0.15) is 13.3 Å². The summed E-state index contributed by atoms with van der Waals surface area (Å²) in [5.41, 5.74) is 0.329. The molecule has 0 spiro atoms. The van der Waals surface area contributed by atoms with Crippen LogP contribution in [0.2, 0.25) is 5.02 Å². The molecule has 0 atom stereocenters. The quantitative estimate of drug-likeness (QED) is 0.805. The largest absolute Gasteiger partial charge is 0.488 e. The average molecular weight is 242 g/mol. The lowest BCUT2D eigenvalue weighted by Crippen LogP contribution is -2.03. The molecule has 16 heavy (non-hydrogen) atoms. The molecule has 86 valence electrons. The lowest BCUT2D eigenvalue weighted by molar-refractivity contribution is -0.132. The lowest BCUT2D eigenvalue weighted by Gasteiger charge is -2.03. The van der Waals surface area contributed by atoms with Crippen molar-refractivity contribution in [1.82, 2.24) is 4.98 Å². The molecule has 0 aliphatic carbocycles. The summed E-state index contributed by atoms with van der Waals surface area (Å²) in [6.07, 6.45) is 5.01. The smallest absolute Gasteiger partial charge is 0.331 e. The van der Waals surface area contributed by atoms with Crippen LogP contribution in [0.4, 0.5) is 0 Å². The monoisotopic (exact) mass is 241 g/mol. The molecule has 0 aromatic carbocycles. The van der Waals surface area contributed by atoms with Crippen molar-refractivity contribution in [3.05, 3.63) is 35.1 Å². The second-order valence-electron chi connectivity index (χ2n) is 3.04. The van der Waals surface area contributed by atoms with E-state index in [-0.39, 0.29) is 6.61 Å². The van der Waals surface area contributed by atoms with Crippen LogP contribution in [0.25, 0.3) is 0 Å². The van der Waals surface area contributed by atoms with E-state index in [1.165, 1.54) is 18.5 Å². The van der Waals surface area contributed by atoms with Crippen LogP contribution >= 0.6 is 11.6 Å². The fourth-order valence-corrected chi connectivity index (χ4v) is 1.26. The molecule has 5 heteroatoms. The maximum atomic E-state index is 10.7. The highest BCUT2D eigenvalue weighted by Crippen LogP contribution is 2.15. The first-order valence-corrected chi connectivity index (χ1v) is 5.17. The lowest BCUT2D eigenvalue weighted by atomic mass is 10.2. The van der Waals surface area contributed by atoms with Crippen LogP contribution in [0.15, 0.2) is 30.1 Å². The summed E-state index contributed by atoms with van der Waals surface area (Å²) in [5, 5.41) is 9.24. The van der Waals surface area contributed by atoms with Gasteiger partial charge in [0.05, 0.1) is 11.2 Å².